The van der Waals surface area contributed by atoms with Crippen LogP contribution in [0.15, 0.2) is 12.3 Å². The quantitative estimate of drug-likeness (QED) is 0.718. The van der Waals surface area contributed by atoms with Crippen molar-refractivity contribution in [2.24, 2.45) is 5.73 Å². The molecule has 0 aliphatic carbocycles. The molecule has 0 aliphatic rings. The highest BCUT2D eigenvalue weighted by Gasteiger charge is 2.05. The third-order valence-corrected chi connectivity index (χ3v) is 1.74. The Hall–Kier alpha value is -0.900. The standard InChI is InChI=1S/C8H13N3S/c1-6(2)11-7(3-4-10-11)5-8(9)12/h3-4,6H,5H2,1-2H3,(H2,9,12). The minimum atomic E-state index is 0.365. The van der Waals surface area contributed by atoms with Crippen molar-refractivity contribution >= 4 is 17.2 Å². The van der Waals surface area contributed by atoms with E-state index < -0.39 is 0 Å². The van der Waals surface area contributed by atoms with E-state index in [0.29, 0.717) is 17.5 Å². The lowest BCUT2D eigenvalue weighted by molar-refractivity contribution is 0.516. The molecule has 0 spiro atoms. The molecule has 0 unspecified atom stereocenters. The minimum absolute atomic E-state index is 0.365. The molecular formula is C8H13N3S. The van der Waals surface area contributed by atoms with Crippen molar-refractivity contribution in [1.82, 2.24) is 9.78 Å². The van der Waals surface area contributed by atoms with Crippen LogP contribution in [0.25, 0.3) is 0 Å². The fourth-order valence-corrected chi connectivity index (χ4v) is 1.27. The number of rotatable bonds is 3. The van der Waals surface area contributed by atoms with Gasteiger partial charge in [0.15, 0.2) is 0 Å². The Labute approximate surface area is 77.6 Å². The van der Waals surface area contributed by atoms with E-state index in [-0.39, 0.29) is 0 Å². The second kappa shape index (κ2) is 3.67. The van der Waals surface area contributed by atoms with Crippen LogP contribution >= 0.6 is 12.2 Å². The molecule has 0 saturated heterocycles. The fourth-order valence-electron chi connectivity index (χ4n) is 1.13. The van der Waals surface area contributed by atoms with Gasteiger partial charge in [-0.05, 0) is 19.9 Å². The molecule has 0 aromatic carbocycles. The molecule has 4 heteroatoms. The minimum Gasteiger partial charge on any atom is -0.393 e. The lowest BCUT2D eigenvalue weighted by Gasteiger charge is -2.09. The van der Waals surface area contributed by atoms with E-state index in [9.17, 15) is 0 Å². The summed E-state index contributed by atoms with van der Waals surface area (Å²) in [6.45, 7) is 4.16. The van der Waals surface area contributed by atoms with Gasteiger partial charge in [0.05, 0.1) is 4.99 Å². The molecule has 1 heterocycles. The zero-order valence-electron chi connectivity index (χ0n) is 7.32. The normalized spacial score (nSPS) is 10.6. The molecule has 0 saturated carbocycles. The highest BCUT2D eigenvalue weighted by molar-refractivity contribution is 7.80. The highest BCUT2D eigenvalue weighted by Crippen LogP contribution is 2.08. The number of thiocarbonyl (C=S) groups is 1. The van der Waals surface area contributed by atoms with E-state index in [1.807, 2.05) is 10.7 Å². The summed E-state index contributed by atoms with van der Waals surface area (Å²) >= 11 is 4.83. The number of nitrogens with two attached hydrogens (primary N) is 1. The Kier molecular flexibility index (Phi) is 2.81. The Morgan fingerprint density at radius 2 is 2.42 bits per heavy atom. The second-order valence-corrected chi connectivity index (χ2v) is 3.53. The Bertz CT molecular complexity index is 278. The first kappa shape index (κ1) is 9.19. The van der Waals surface area contributed by atoms with Gasteiger partial charge in [0, 0.05) is 24.4 Å². The average Bonchev–Trinajstić information content (AvgIpc) is 2.33. The first-order valence-electron chi connectivity index (χ1n) is 3.92. The lowest BCUT2D eigenvalue weighted by atomic mass is 10.3. The summed E-state index contributed by atoms with van der Waals surface area (Å²) in [5, 5.41) is 4.17. The Morgan fingerprint density at radius 3 is 2.92 bits per heavy atom. The van der Waals surface area contributed by atoms with Crippen molar-refractivity contribution in [3.63, 3.8) is 0 Å². The molecule has 1 rings (SSSR count). The molecule has 0 radical (unpaired) electrons. The highest BCUT2D eigenvalue weighted by atomic mass is 32.1. The summed E-state index contributed by atoms with van der Waals surface area (Å²) in [4.78, 5) is 0.511. The van der Waals surface area contributed by atoms with Gasteiger partial charge in [-0.1, -0.05) is 12.2 Å². The number of hydrogen-bond acceptors (Lipinski definition) is 2. The number of aromatic nitrogens is 2. The van der Waals surface area contributed by atoms with E-state index in [0.717, 1.165) is 5.69 Å². The largest absolute Gasteiger partial charge is 0.393 e. The predicted molar refractivity (Wildman–Crippen MR) is 53.1 cm³/mol. The molecular weight excluding hydrogens is 170 g/mol. The van der Waals surface area contributed by atoms with E-state index in [1.165, 1.54) is 0 Å². The Balaban J connectivity index is 2.84. The van der Waals surface area contributed by atoms with Crippen LogP contribution in [-0.4, -0.2) is 14.8 Å². The number of nitrogens with zero attached hydrogens (tertiary/aromatic N) is 2. The third kappa shape index (κ3) is 2.04. The molecule has 0 atom stereocenters. The zero-order valence-corrected chi connectivity index (χ0v) is 8.14. The van der Waals surface area contributed by atoms with E-state index in [4.69, 9.17) is 18.0 Å². The van der Waals surface area contributed by atoms with Crippen LogP contribution in [0.4, 0.5) is 0 Å². The zero-order chi connectivity index (χ0) is 9.14. The van der Waals surface area contributed by atoms with Crippen molar-refractivity contribution in [1.29, 1.82) is 0 Å². The van der Waals surface area contributed by atoms with Gasteiger partial charge in [-0.15, -0.1) is 0 Å². The van der Waals surface area contributed by atoms with Gasteiger partial charge in [-0.3, -0.25) is 4.68 Å². The molecule has 0 fully saturated rings. The summed E-state index contributed by atoms with van der Waals surface area (Å²) in [5.74, 6) is 0. The van der Waals surface area contributed by atoms with Crippen LogP contribution in [0.1, 0.15) is 25.6 Å². The van der Waals surface area contributed by atoms with Crippen LogP contribution in [0, 0.1) is 0 Å². The molecule has 1 aromatic rings. The smallest absolute Gasteiger partial charge is 0.0787 e. The van der Waals surface area contributed by atoms with Crippen LogP contribution in [0.5, 0.6) is 0 Å². The van der Waals surface area contributed by atoms with Crippen molar-refractivity contribution in [3.05, 3.63) is 18.0 Å². The predicted octanol–water partition coefficient (Wildman–Crippen LogP) is 1.29. The molecule has 12 heavy (non-hydrogen) atoms. The third-order valence-electron chi connectivity index (χ3n) is 1.60. The summed E-state index contributed by atoms with van der Waals surface area (Å²) in [6.07, 6.45) is 2.40. The molecule has 0 aliphatic heterocycles. The summed E-state index contributed by atoms with van der Waals surface area (Å²) < 4.78 is 1.93. The van der Waals surface area contributed by atoms with Crippen molar-refractivity contribution in [3.8, 4) is 0 Å². The van der Waals surface area contributed by atoms with Crippen molar-refractivity contribution in [2.45, 2.75) is 26.3 Å². The first-order valence-corrected chi connectivity index (χ1v) is 4.32. The van der Waals surface area contributed by atoms with Gasteiger partial charge >= 0.3 is 0 Å². The molecule has 2 N–H and O–H groups in total. The van der Waals surface area contributed by atoms with E-state index in [1.54, 1.807) is 6.20 Å². The van der Waals surface area contributed by atoms with Gasteiger partial charge < -0.3 is 5.73 Å². The summed E-state index contributed by atoms with van der Waals surface area (Å²) in [7, 11) is 0. The van der Waals surface area contributed by atoms with Crippen LogP contribution in [0.3, 0.4) is 0 Å². The molecule has 1 aromatic heterocycles. The molecule has 0 amide bonds. The Morgan fingerprint density at radius 1 is 1.75 bits per heavy atom. The number of hydrogen-bond donors (Lipinski definition) is 1. The molecule has 0 bridgehead atoms. The molecule has 3 nitrogen and oxygen atoms in total. The first-order chi connectivity index (χ1) is 5.61. The fraction of sp³-hybridized carbons (Fsp3) is 0.500. The maximum absolute atomic E-state index is 5.44. The SMILES string of the molecule is CC(C)n1nccc1CC(N)=S. The van der Waals surface area contributed by atoms with Crippen LogP contribution in [0.2, 0.25) is 0 Å². The summed E-state index contributed by atoms with van der Waals surface area (Å²) in [6, 6.07) is 2.31. The van der Waals surface area contributed by atoms with E-state index >= 15 is 0 Å². The van der Waals surface area contributed by atoms with Crippen molar-refractivity contribution < 1.29 is 0 Å². The monoisotopic (exact) mass is 183 g/mol. The second-order valence-electron chi connectivity index (χ2n) is 3.00. The van der Waals surface area contributed by atoms with E-state index in [2.05, 4.69) is 18.9 Å². The molecule has 66 valence electrons. The topological polar surface area (TPSA) is 43.8 Å². The van der Waals surface area contributed by atoms with Gasteiger partial charge in [0.25, 0.3) is 0 Å². The van der Waals surface area contributed by atoms with Gasteiger partial charge in [0.1, 0.15) is 0 Å². The summed E-state index contributed by atoms with van der Waals surface area (Å²) in [5.41, 5.74) is 6.52. The lowest BCUT2D eigenvalue weighted by Crippen LogP contribution is -2.16. The van der Waals surface area contributed by atoms with Gasteiger partial charge in [-0.2, -0.15) is 5.10 Å². The van der Waals surface area contributed by atoms with Crippen LogP contribution < -0.4 is 5.73 Å². The van der Waals surface area contributed by atoms with Gasteiger partial charge in [-0.25, -0.2) is 0 Å². The van der Waals surface area contributed by atoms with Crippen molar-refractivity contribution in [2.75, 3.05) is 0 Å². The average molecular weight is 183 g/mol. The maximum Gasteiger partial charge on any atom is 0.0787 e. The maximum atomic E-state index is 5.44. The van der Waals surface area contributed by atoms with Crippen LogP contribution in [-0.2, 0) is 6.42 Å². The van der Waals surface area contributed by atoms with Gasteiger partial charge in [0.2, 0.25) is 0 Å².